The standard InChI is InChI=1S/C21H25FN2O5S/c1-28-19-7-6-16(14-20(19)30(26,27)24-10-12-29-13-11-24)15-21(25)23-9-8-17-4-2-3-5-18(17)22/h2-7,14H,8-13,15H2,1H3,(H,23,25). The molecule has 1 aliphatic heterocycles. The first-order valence-corrected chi connectivity index (χ1v) is 11.1. The van der Waals surface area contributed by atoms with Crippen molar-refractivity contribution in [3.05, 3.63) is 59.4 Å². The molecule has 1 aliphatic rings. The highest BCUT2D eigenvalue weighted by molar-refractivity contribution is 7.89. The average Bonchev–Trinajstić information content (AvgIpc) is 2.75. The van der Waals surface area contributed by atoms with Gasteiger partial charge in [-0.3, -0.25) is 4.79 Å². The van der Waals surface area contributed by atoms with E-state index in [1.54, 1.807) is 30.3 Å². The molecule has 9 heteroatoms. The number of carbonyl (C=O) groups excluding carboxylic acids is 1. The Labute approximate surface area is 175 Å². The summed E-state index contributed by atoms with van der Waals surface area (Å²) in [6.07, 6.45) is 0.380. The van der Waals surface area contributed by atoms with Gasteiger partial charge in [0.05, 0.1) is 26.7 Å². The van der Waals surface area contributed by atoms with Crippen molar-refractivity contribution >= 4 is 15.9 Å². The van der Waals surface area contributed by atoms with Crippen LogP contribution in [0.1, 0.15) is 11.1 Å². The second-order valence-corrected chi connectivity index (χ2v) is 8.78. The first-order valence-electron chi connectivity index (χ1n) is 9.66. The number of halogens is 1. The minimum absolute atomic E-state index is 0.00684. The Hall–Kier alpha value is -2.49. The van der Waals surface area contributed by atoms with Gasteiger partial charge in [0, 0.05) is 19.6 Å². The van der Waals surface area contributed by atoms with Gasteiger partial charge in [-0.2, -0.15) is 4.31 Å². The lowest BCUT2D eigenvalue weighted by Gasteiger charge is -2.26. The van der Waals surface area contributed by atoms with Crippen LogP contribution in [0, 0.1) is 5.82 Å². The number of morpholine rings is 1. The lowest BCUT2D eigenvalue weighted by molar-refractivity contribution is -0.120. The summed E-state index contributed by atoms with van der Waals surface area (Å²) in [7, 11) is -2.36. The summed E-state index contributed by atoms with van der Waals surface area (Å²) in [4.78, 5) is 12.3. The van der Waals surface area contributed by atoms with Gasteiger partial charge in [-0.1, -0.05) is 24.3 Å². The fraction of sp³-hybridized carbons (Fsp3) is 0.381. The second kappa shape index (κ2) is 10.0. The van der Waals surface area contributed by atoms with Crippen LogP contribution >= 0.6 is 0 Å². The fourth-order valence-electron chi connectivity index (χ4n) is 3.24. The van der Waals surface area contributed by atoms with Gasteiger partial charge >= 0.3 is 0 Å². The van der Waals surface area contributed by atoms with E-state index in [0.29, 0.717) is 30.8 Å². The highest BCUT2D eigenvalue weighted by Crippen LogP contribution is 2.28. The number of ether oxygens (including phenoxy) is 2. The van der Waals surface area contributed by atoms with Gasteiger partial charge in [0.15, 0.2) is 0 Å². The van der Waals surface area contributed by atoms with Gasteiger partial charge in [0.1, 0.15) is 16.5 Å². The molecule has 30 heavy (non-hydrogen) atoms. The molecule has 0 spiro atoms. The van der Waals surface area contributed by atoms with Crippen molar-refractivity contribution in [2.75, 3.05) is 40.0 Å². The lowest BCUT2D eigenvalue weighted by Crippen LogP contribution is -2.40. The molecule has 1 amide bonds. The summed E-state index contributed by atoms with van der Waals surface area (Å²) in [5.74, 6) is -0.351. The number of carbonyl (C=O) groups is 1. The predicted molar refractivity (Wildman–Crippen MR) is 109 cm³/mol. The van der Waals surface area contributed by atoms with E-state index >= 15 is 0 Å². The number of methoxy groups -OCH3 is 1. The maximum absolute atomic E-state index is 13.6. The number of nitrogens with one attached hydrogen (secondary N) is 1. The smallest absolute Gasteiger partial charge is 0.246 e. The topological polar surface area (TPSA) is 84.9 Å². The quantitative estimate of drug-likeness (QED) is 0.682. The Morgan fingerprint density at radius 2 is 1.93 bits per heavy atom. The molecule has 7 nitrogen and oxygen atoms in total. The van der Waals surface area contributed by atoms with Crippen LogP contribution in [0.2, 0.25) is 0 Å². The third kappa shape index (κ3) is 5.35. The van der Waals surface area contributed by atoms with Crippen molar-refractivity contribution < 1.29 is 27.1 Å². The third-order valence-electron chi connectivity index (χ3n) is 4.85. The largest absolute Gasteiger partial charge is 0.495 e. The van der Waals surface area contributed by atoms with Crippen molar-refractivity contribution in [1.29, 1.82) is 0 Å². The molecule has 0 saturated carbocycles. The summed E-state index contributed by atoms with van der Waals surface area (Å²) in [5.41, 5.74) is 1.08. The normalized spacial score (nSPS) is 15.0. The van der Waals surface area contributed by atoms with Crippen LogP contribution in [0.4, 0.5) is 4.39 Å². The number of nitrogens with zero attached hydrogens (tertiary/aromatic N) is 1. The maximum Gasteiger partial charge on any atom is 0.246 e. The van der Waals surface area contributed by atoms with Crippen molar-refractivity contribution in [3.63, 3.8) is 0 Å². The molecule has 162 valence electrons. The number of hydrogen-bond acceptors (Lipinski definition) is 5. The Bertz CT molecular complexity index is 991. The van der Waals surface area contributed by atoms with Crippen LogP contribution in [0.3, 0.4) is 0 Å². The van der Waals surface area contributed by atoms with Crippen LogP contribution in [-0.4, -0.2) is 58.6 Å². The molecule has 2 aromatic rings. The fourth-order valence-corrected chi connectivity index (χ4v) is 4.86. The zero-order valence-electron chi connectivity index (χ0n) is 16.8. The van der Waals surface area contributed by atoms with Crippen LogP contribution in [0.15, 0.2) is 47.4 Å². The van der Waals surface area contributed by atoms with E-state index in [9.17, 15) is 17.6 Å². The minimum Gasteiger partial charge on any atom is -0.495 e. The van der Waals surface area contributed by atoms with Crippen LogP contribution in [0.25, 0.3) is 0 Å². The van der Waals surface area contributed by atoms with E-state index in [-0.39, 0.29) is 48.4 Å². The van der Waals surface area contributed by atoms with E-state index < -0.39 is 10.0 Å². The second-order valence-electron chi connectivity index (χ2n) is 6.87. The number of hydrogen-bond donors (Lipinski definition) is 1. The number of amides is 1. The zero-order valence-corrected chi connectivity index (χ0v) is 17.6. The molecule has 0 atom stereocenters. The molecule has 0 bridgehead atoms. The van der Waals surface area contributed by atoms with Gasteiger partial charge in [0.2, 0.25) is 15.9 Å². The Kier molecular flexibility index (Phi) is 7.41. The summed E-state index contributed by atoms with van der Waals surface area (Å²) < 4.78 is 51.5. The van der Waals surface area contributed by atoms with Crippen LogP contribution in [-0.2, 0) is 32.4 Å². The summed E-state index contributed by atoms with van der Waals surface area (Å²) >= 11 is 0. The summed E-state index contributed by atoms with van der Waals surface area (Å²) in [6, 6.07) is 11.1. The summed E-state index contributed by atoms with van der Waals surface area (Å²) in [5, 5.41) is 2.74. The molecule has 1 fully saturated rings. The number of sulfonamides is 1. The monoisotopic (exact) mass is 436 g/mol. The molecular formula is C21H25FN2O5S. The van der Waals surface area contributed by atoms with Gasteiger partial charge in [0.25, 0.3) is 0 Å². The minimum atomic E-state index is -3.77. The van der Waals surface area contributed by atoms with Crippen molar-refractivity contribution in [2.45, 2.75) is 17.7 Å². The Morgan fingerprint density at radius 3 is 2.63 bits per heavy atom. The van der Waals surface area contributed by atoms with E-state index in [4.69, 9.17) is 9.47 Å². The Balaban J connectivity index is 1.67. The van der Waals surface area contributed by atoms with Gasteiger partial charge < -0.3 is 14.8 Å². The molecule has 1 saturated heterocycles. The van der Waals surface area contributed by atoms with Gasteiger partial charge in [-0.25, -0.2) is 12.8 Å². The van der Waals surface area contributed by atoms with Crippen LogP contribution in [0.5, 0.6) is 5.75 Å². The van der Waals surface area contributed by atoms with E-state index in [0.717, 1.165) is 0 Å². The lowest BCUT2D eigenvalue weighted by atomic mass is 10.1. The van der Waals surface area contributed by atoms with Gasteiger partial charge in [-0.05, 0) is 35.7 Å². The number of rotatable bonds is 8. The average molecular weight is 437 g/mol. The summed E-state index contributed by atoms with van der Waals surface area (Å²) in [6.45, 7) is 1.50. The molecule has 3 rings (SSSR count). The van der Waals surface area contributed by atoms with Crippen LogP contribution < -0.4 is 10.1 Å². The predicted octanol–water partition coefficient (Wildman–Crippen LogP) is 1.76. The molecular weight excluding hydrogens is 411 g/mol. The third-order valence-corrected chi connectivity index (χ3v) is 6.77. The first-order chi connectivity index (χ1) is 14.4. The van der Waals surface area contributed by atoms with E-state index in [1.807, 2.05) is 0 Å². The molecule has 1 heterocycles. The molecule has 1 N–H and O–H groups in total. The highest BCUT2D eigenvalue weighted by Gasteiger charge is 2.29. The molecule has 0 aliphatic carbocycles. The molecule has 0 radical (unpaired) electrons. The SMILES string of the molecule is COc1ccc(CC(=O)NCCc2ccccc2F)cc1S(=O)(=O)N1CCOCC1. The number of benzene rings is 2. The Morgan fingerprint density at radius 1 is 1.20 bits per heavy atom. The van der Waals surface area contributed by atoms with E-state index in [2.05, 4.69) is 5.32 Å². The van der Waals surface area contributed by atoms with Crippen molar-refractivity contribution in [3.8, 4) is 5.75 Å². The molecule has 0 aromatic heterocycles. The first kappa shape index (κ1) is 22.2. The molecule has 2 aromatic carbocycles. The van der Waals surface area contributed by atoms with Crippen molar-refractivity contribution in [1.82, 2.24) is 9.62 Å². The molecule has 0 unspecified atom stereocenters. The van der Waals surface area contributed by atoms with E-state index in [1.165, 1.54) is 23.5 Å². The van der Waals surface area contributed by atoms with Crippen molar-refractivity contribution in [2.24, 2.45) is 0 Å². The highest BCUT2D eigenvalue weighted by atomic mass is 32.2. The maximum atomic E-state index is 13.6. The van der Waals surface area contributed by atoms with Gasteiger partial charge in [-0.15, -0.1) is 0 Å². The zero-order chi connectivity index (χ0) is 21.6.